The zero-order chi connectivity index (χ0) is 99.8. The summed E-state index contributed by atoms with van der Waals surface area (Å²) in [6, 6.07) is 169. The first-order valence-electron chi connectivity index (χ1n) is 50.7. The van der Waals surface area contributed by atoms with Crippen molar-refractivity contribution in [2.45, 2.75) is 55.4 Å². The Morgan fingerprint density at radius 3 is 0.615 bits per heavy atom. The number of fused-ring (bicyclic) bond motifs is 12. The van der Waals surface area contributed by atoms with Gasteiger partial charge in [-0.1, -0.05) is 285 Å². The largest absolute Gasteiger partial charge is 0.309 e. The lowest BCUT2D eigenvalue weighted by atomic mass is 9.95. The summed E-state index contributed by atoms with van der Waals surface area (Å²) < 4.78 is 9.73. The van der Waals surface area contributed by atoms with E-state index in [4.69, 9.17) is 9.97 Å². The third-order valence-electron chi connectivity index (χ3n) is 30.9. The molecule has 148 heavy (non-hydrogen) atoms. The zero-order valence-corrected chi connectivity index (χ0v) is 83.3. The van der Waals surface area contributed by atoms with E-state index in [-0.39, 0.29) is 0 Å². The molecule has 0 amide bonds. The second kappa shape index (κ2) is 36.1. The maximum Gasteiger partial charge on any atom is 0.162 e. The summed E-state index contributed by atoms with van der Waals surface area (Å²) in [5.74, 6) is 0.454. The molecule has 8 heteroatoms. The Bertz CT molecular complexity index is 9170. The van der Waals surface area contributed by atoms with Crippen molar-refractivity contribution in [3.8, 4) is 180 Å². The first-order chi connectivity index (χ1) is 72.6. The first-order valence-corrected chi connectivity index (χ1v) is 50.7. The summed E-state index contributed by atoms with van der Waals surface area (Å²) in [6.45, 7) is 17.5. The molecule has 8 nitrogen and oxygen atoms in total. The van der Waals surface area contributed by atoms with Gasteiger partial charge in [0.05, 0.1) is 102 Å². The van der Waals surface area contributed by atoms with E-state index < -0.39 is 0 Å². The van der Waals surface area contributed by atoms with Crippen molar-refractivity contribution in [1.29, 1.82) is 10.5 Å². The number of rotatable bonds is 17. The Morgan fingerprint density at radius 2 is 0.365 bits per heavy atom. The average molecular weight is 1890 g/mol. The fraction of sp³-hybridized carbons (Fsp3) is 0.0571. The van der Waals surface area contributed by atoms with Gasteiger partial charge in [-0.25, -0.2) is 9.97 Å². The van der Waals surface area contributed by atoms with Gasteiger partial charge in [-0.3, -0.25) is 0 Å². The predicted molar refractivity (Wildman–Crippen MR) is 617 cm³/mol. The zero-order valence-electron chi connectivity index (χ0n) is 83.3. The van der Waals surface area contributed by atoms with Gasteiger partial charge in [0, 0.05) is 70.9 Å². The van der Waals surface area contributed by atoms with Gasteiger partial charge >= 0.3 is 0 Å². The molecule has 0 N–H and O–H groups in total. The highest BCUT2D eigenvalue weighted by atomic mass is 15.0. The summed E-state index contributed by atoms with van der Waals surface area (Å²) >= 11 is 0. The number of aromatic nitrogens is 6. The van der Waals surface area contributed by atoms with Crippen LogP contribution in [-0.4, -0.2) is 28.2 Å². The summed E-state index contributed by atoms with van der Waals surface area (Å²) in [5.41, 5.74) is 47.5. The SMILES string of the molecule is Cc1ccccc1-c1ccc2c(c1)c1cc(-c3ccccc3C)ccc1n2-c1ccc(C#N)cc1-c1ccc(-n2c3ccc(-c4ccccc4C)cc3c3cc(-c4ccccc4C)ccc32)c(-c2cc(-c3ccccc3)nc(-c3cc(-c4cc(C#N)ccc4-n4c5ccc(-c6ccccc6C)cc5c5cc(-c6ccccc6C)ccc54)ccc3-n3c4ccc(-c5ccccc5C)cc4c4cc(-c5ccccc5C)ccc43)n2)c1. The summed E-state index contributed by atoms with van der Waals surface area (Å²) in [6.07, 6.45) is 0. The van der Waals surface area contributed by atoms with Crippen LogP contribution in [0.3, 0.4) is 0 Å². The smallest absolute Gasteiger partial charge is 0.162 e. The van der Waals surface area contributed by atoms with E-state index in [1.807, 2.05) is 12.1 Å². The molecule has 26 aromatic rings. The molecule has 0 aliphatic rings. The first kappa shape index (κ1) is 89.0. The molecule has 0 saturated carbocycles. The molecule has 0 aliphatic heterocycles. The van der Waals surface area contributed by atoms with E-state index in [0.29, 0.717) is 28.3 Å². The summed E-state index contributed by atoms with van der Waals surface area (Å²) in [4.78, 5) is 12.4. The van der Waals surface area contributed by atoms with Crippen LogP contribution in [0.15, 0.2) is 449 Å². The molecule has 698 valence electrons. The highest BCUT2D eigenvalue weighted by molar-refractivity contribution is 6.17. The van der Waals surface area contributed by atoms with Crippen LogP contribution in [0, 0.1) is 78.1 Å². The molecule has 0 atom stereocenters. The van der Waals surface area contributed by atoms with Gasteiger partial charge < -0.3 is 18.3 Å². The van der Waals surface area contributed by atoms with Crippen molar-refractivity contribution < 1.29 is 0 Å². The number of nitriles is 2. The van der Waals surface area contributed by atoms with Gasteiger partial charge in [0.15, 0.2) is 5.82 Å². The predicted octanol–water partition coefficient (Wildman–Crippen LogP) is 36.7. The Hall–Kier alpha value is -19.1. The fourth-order valence-corrected chi connectivity index (χ4v) is 23.4. The highest BCUT2D eigenvalue weighted by Crippen LogP contribution is 2.51. The monoisotopic (exact) mass is 1890 g/mol. The Kier molecular flexibility index (Phi) is 21.7. The molecule has 5 aromatic heterocycles. The summed E-state index contributed by atoms with van der Waals surface area (Å²) in [5, 5.41) is 31.8. The lowest BCUT2D eigenvalue weighted by Crippen LogP contribution is -2.05. The van der Waals surface area contributed by atoms with Gasteiger partial charge in [-0.2, -0.15) is 10.5 Å². The maximum absolute atomic E-state index is 11.5. The van der Waals surface area contributed by atoms with E-state index in [1.54, 1.807) is 0 Å². The number of hydrogen-bond acceptors (Lipinski definition) is 4. The fourth-order valence-electron chi connectivity index (χ4n) is 23.4. The van der Waals surface area contributed by atoms with Crippen molar-refractivity contribution in [1.82, 2.24) is 28.2 Å². The minimum absolute atomic E-state index is 0.454. The molecule has 21 aromatic carbocycles. The molecule has 0 fully saturated rings. The van der Waals surface area contributed by atoms with Crippen LogP contribution in [0.25, 0.3) is 255 Å². The van der Waals surface area contributed by atoms with Crippen LogP contribution in [0.4, 0.5) is 0 Å². The van der Waals surface area contributed by atoms with Crippen LogP contribution in [0.5, 0.6) is 0 Å². The molecule has 5 heterocycles. The number of aryl methyl sites for hydroxylation is 8. The molecular weight excluding hydrogens is 1790 g/mol. The molecule has 0 spiro atoms. The second-order valence-corrected chi connectivity index (χ2v) is 39.7. The van der Waals surface area contributed by atoms with Crippen molar-refractivity contribution in [2.24, 2.45) is 0 Å². The Labute approximate surface area is 859 Å². The standard InChI is InChI=1S/C140H98N8/c1-85-28-12-20-38-106(85)96-48-60-130-116(72-96)117-73-97(107-39-21-13-29-86(107)2)49-61-131(117)145(130)128-58-46-93(83-141)70-114(128)104-56-68-138(147-134-64-52-100(110-42-24-16-32-89(110)5)76-120(134)121-77-101(53-65-135(121)147)111-43-25-17-33-90(111)6)124(80-104)127-82-126(95-36-10-9-11-37-95)143-140(144-127)125-81-105(57-69-139(125)148-136-66-54-102(112-44-26-18-34-91(112)7)78-122(136)123-79-103(55-67-137(123)148)113-45-27-19-35-92(113)8)115-71-94(84-142)47-59-129(115)146-132-62-50-98(108-40-22-14-30-87(108)3)74-118(132)119-75-99(51-63-133(119)146)109-41-23-15-31-88(109)4/h9-82H,1-8H3. The quantitative estimate of drug-likeness (QED) is 0.0908. The lowest BCUT2D eigenvalue weighted by molar-refractivity contribution is 1.13. The normalized spacial score (nSPS) is 11.6. The van der Waals surface area contributed by atoms with Crippen molar-refractivity contribution in [3.63, 3.8) is 0 Å². The molecule has 0 radical (unpaired) electrons. The average Bonchev–Trinajstić information content (AvgIpc) is 1.55. The van der Waals surface area contributed by atoms with Crippen molar-refractivity contribution in [3.05, 3.63) is 505 Å². The molecule has 0 bridgehead atoms. The van der Waals surface area contributed by atoms with E-state index in [1.165, 1.54) is 66.8 Å². The minimum Gasteiger partial charge on any atom is -0.309 e. The summed E-state index contributed by atoms with van der Waals surface area (Å²) in [7, 11) is 0. The van der Waals surface area contributed by atoms with Gasteiger partial charge in [-0.15, -0.1) is 0 Å². The second-order valence-electron chi connectivity index (χ2n) is 39.7. The highest BCUT2D eigenvalue weighted by Gasteiger charge is 2.30. The van der Waals surface area contributed by atoms with Crippen LogP contribution in [0.1, 0.15) is 55.6 Å². The van der Waals surface area contributed by atoms with Gasteiger partial charge in [0.1, 0.15) is 0 Å². The van der Waals surface area contributed by atoms with E-state index in [2.05, 4.69) is 523 Å². The number of benzene rings is 21. The van der Waals surface area contributed by atoms with E-state index in [0.717, 1.165) is 216 Å². The van der Waals surface area contributed by atoms with Crippen LogP contribution < -0.4 is 0 Å². The Balaban J connectivity index is 0.775. The molecule has 0 saturated heterocycles. The maximum atomic E-state index is 11.5. The molecule has 26 rings (SSSR count). The molecule has 0 unspecified atom stereocenters. The van der Waals surface area contributed by atoms with Gasteiger partial charge in [0.25, 0.3) is 0 Å². The van der Waals surface area contributed by atoms with Crippen LogP contribution >= 0.6 is 0 Å². The van der Waals surface area contributed by atoms with Crippen molar-refractivity contribution in [2.75, 3.05) is 0 Å². The minimum atomic E-state index is 0.454. The Morgan fingerprint density at radius 1 is 0.162 bits per heavy atom. The van der Waals surface area contributed by atoms with Gasteiger partial charge in [0.2, 0.25) is 0 Å². The van der Waals surface area contributed by atoms with Crippen LogP contribution in [0.2, 0.25) is 0 Å². The topological polar surface area (TPSA) is 93.1 Å². The van der Waals surface area contributed by atoms with E-state index >= 15 is 0 Å². The lowest BCUT2D eigenvalue weighted by Gasteiger charge is -2.20. The van der Waals surface area contributed by atoms with E-state index in [9.17, 15) is 10.5 Å². The van der Waals surface area contributed by atoms with Gasteiger partial charge in [-0.05, 0) is 364 Å². The van der Waals surface area contributed by atoms with Crippen molar-refractivity contribution >= 4 is 87.2 Å². The molecular formula is C140H98N8. The molecule has 0 aliphatic carbocycles. The number of hydrogen-bond donors (Lipinski definition) is 0. The number of nitrogens with zero attached hydrogens (tertiary/aromatic N) is 8. The third kappa shape index (κ3) is 15.1. The van der Waals surface area contributed by atoms with Crippen LogP contribution in [-0.2, 0) is 0 Å². The third-order valence-corrected chi connectivity index (χ3v) is 30.9.